The van der Waals surface area contributed by atoms with Crippen LogP contribution in [0.25, 0.3) is 10.8 Å². The van der Waals surface area contributed by atoms with Gasteiger partial charge in [0.2, 0.25) is 10.0 Å². The zero-order valence-electron chi connectivity index (χ0n) is 10.8. The number of pyridine rings is 1. The van der Waals surface area contributed by atoms with Crippen LogP contribution in [0.3, 0.4) is 0 Å². The number of carbonyl (C=O) groups is 1. The number of sulfonamides is 1. The van der Waals surface area contributed by atoms with Gasteiger partial charge in [0.1, 0.15) is 6.04 Å². The summed E-state index contributed by atoms with van der Waals surface area (Å²) in [6.45, 7) is 1.61. The number of nitrogens with zero attached hydrogens (tertiary/aromatic N) is 1. The maximum atomic E-state index is 12.3. The van der Waals surface area contributed by atoms with E-state index < -0.39 is 22.0 Å². The molecule has 1 aromatic carbocycles. The van der Waals surface area contributed by atoms with Gasteiger partial charge >= 0.3 is 5.97 Å². The van der Waals surface area contributed by atoms with Crippen molar-refractivity contribution < 1.29 is 18.3 Å². The predicted molar refractivity (Wildman–Crippen MR) is 73.8 cm³/mol. The highest BCUT2D eigenvalue weighted by Crippen LogP contribution is 2.22. The van der Waals surface area contributed by atoms with Gasteiger partial charge in [-0.3, -0.25) is 9.78 Å². The fraction of sp³-hybridized carbons (Fsp3) is 0.231. The van der Waals surface area contributed by atoms with E-state index in [1.165, 1.54) is 12.3 Å². The molecule has 1 atom stereocenters. The lowest BCUT2D eigenvalue weighted by Crippen LogP contribution is -2.40. The number of fused-ring (bicyclic) bond motifs is 1. The van der Waals surface area contributed by atoms with E-state index in [0.717, 1.165) is 0 Å². The van der Waals surface area contributed by atoms with Crippen LogP contribution in [0.1, 0.15) is 13.3 Å². The molecule has 0 unspecified atom stereocenters. The molecule has 6 nitrogen and oxygen atoms in total. The SMILES string of the molecule is CC[C@@H](NS(=O)(=O)c1cccc2cnccc12)C(=O)O. The molecule has 0 radical (unpaired) electrons. The average Bonchev–Trinajstić information content (AvgIpc) is 2.43. The van der Waals surface area contributed by atoms with E-state index >= 15 is 0 Å². The predicted octanol–water partition coefficient (Wildman–Crippen LogP) is 1.38. The molecule has 106 valence electrons. The minimum Gasteiger partial charge on any atom is -0.480 e. The number of nitrogens with one attached hydrogen (secondary N) is 1. The van der Waals surface area contributed by atoms with Crippen LogP contribution >= 0.6 is 0 Å². The third kappa shape index (κ3) is 2.78. The van der Waals surface area contributed by atoms with Crippen molar-refractivity contribution in [3.63, 3.8) is 0 Å². The lowest BCUT2D eigenvalue weighted by Gasteiger charge is -2.14. The number of carboxylic acids is 1. The van der Waals surface area contributed by atoms with Crippen molar-refractivity contribution in [2.75, 3.05) is 0 Å². The number of benzene rings is 1. The van der Waals surface area contributed by atoms with Gasteiger partial charge in [-0.25, -0.2) is 8.42 Å². The summed E-state index contributed by atoms with van der Waals surface area (Å²) in [6, 6.07) is 5.23. The Labute approximate surface area is 116 Å². The molecule has 0 aliphatic rings. The van der Waals surface area contributed by atoms with Crippen LogP contribution < -0.4 is 4.72 Å². The molecule has 0 bridgehead atoms. The summed E-state index contributed by atoms with van der Waals surface area (Å²) in [5, 5.41) is 10.1. The van der Waals surface area contributed by atoms with Gasteiger partial charge in [0.05, 0.1) is 4.90 Å². The monoisotopic (exact) mass is 294 g/mol. The minimum absolute atomic E-state index is 0.0529. The van der Waals surface area contributed by atoms with Crippen LogP contribution in [-0.4, -0.2) is 30.5 Å². The zero-order chi connectivity index (χ0) is 14.8. The van der Waals surface area contributed by atoms with Gasteiger partial charge in [0, 0.05) is 23.2 Å². The molecule has 0 saturated carbocycles. The molecule has 2 N–H and O–H groups in total. The lowest BCUT2D eigenvalue weighted by molar-refractivity contribution is -0.139. The number of hydrogen-bond acceptors (Lipinski definition) is 4. The van der Waals surface area contributed by atoms with Gasteiger partial charge in [0.15, 0.2) is 0 Å². The number of aromatic nitrogens is 1. The highest BCUT2D eigenvalue weighted by molar-refractivity contribution is 7.89. The smallest absolute Gasteiger partial charge is 0.321 e. The summed E-state index contributed by atoms with van der Waals surface area (Å²) in [5.41, 5.74) is 0. The Bertz CT molecular complexity index is 738. The number of carboxylic acid groups (broad SMARTS) is 1. The van der Waals surface area contributed by atoms with Crippen molar-refractivity contribution >= 4 is 26.8 Å². The first-order chi connectivity index (χ1) is 9.45. The van der Waals surface area contributed by atoms with Gasteiger partial charge in [-0.2, -0.15) is 4.72 Å². The fourth-order valence-corrected chi connectivity index (χ4v) is 3.39. The van der Waals surface area contributed by atoms with Crippen LogP contribution in [0.2, 0.25) is 0 Å². The first-order valence-corrected chi connectivity index (χ1v) is 7.52. The van der Waals surface area contributed by atoms with Crippen molar-refractivity contribution in [2.24, 2.45) is 0 Å². The van der Waals surface area contributed by atoms with Crippen LogP contribution in [0.15, 0.2) is 41.6 Å². The maximum absolute atomic E-state index is 12.3. The normalized spacial score (nSPS) is 13.2. The highest BCUT2D eigenvalue weighted by atomic mass is 32.2. The Morgan fingerprint density at radius 2 is 2.15 bits per heavy atom. The molecule has 2 rings (SSSR count). The molecular formula is C13H14N2O4S. The first kappa shape index (κ1) is 14.4. The third-order valence-electron chi connectivity index (χ3n) is 2.93. The van der Waals surface area contributed by atoms with Crippen LogP contribution in [0.5, 0.6) is 0 Å². The second kappa shape index (κ2) is 5.56. The lowest BCUT2D eigenvalue weighted by atomic mass is 10.2. The highest BCUT2D eigenvalue weighted by Gasteiger charge is 2.25. The van der Waals surface area contributed by atoms with Crippen molar-refractivity contribution in [1.29, 1.82) is 0 Å². The quantitative estimate of drug-likeness (QED) is 0.868. The van der Waals surface area contributed by atoms with Gasteiger partial charge in [0.25, 0.3) is 0 Å². The van der Waals surface area contributed by atoms with E-state index in [-0.39, 0.29) is 11.3 Å². The first-order valence-electron chi connectivity index (χ1n) is 6.03. The summed E-state index contributed by atoms with van der Waals surface area (Å²) in [7, 11) is -3.90. The molecule has 2 aromatic rings. The fourth-order valence-electron chi connectivity index (χ4n) is 1.89. The standard InChI is InChI=1S/C13H14N2O4S/c1-2-11(13(16)17)15-20(18,19)12-5-3-4-9-8-14-7-6-10(9)12/h3-8,11,15H,2H2,1H3,(H,16,17)/t11-/m1/s1. The van der Waals surface area contributed by atoms with Crippen LogP contribution in [0.4, 0.5) is 0 Å². The molecule has 0 saturated heterocycles. The Kier molecular flexibility index (Phi) is 4.01. The summed E-state index contributed by atoms with van der Waals surface area (Å²) in [4.78, 5) is 15.0. The third-order valence-corrected chi connectivity index (χ3v) is 4.46. The molecule has 0 aliphatic heterocycles. The molecule has 1 aromatic heterocycles. The maximum Gasteiger partial charge on any atom is 0.321 e. The second-order valence-corrected chi connectivity index (χ2v) is 5.96. The number of hydrogen-bond donors (Lipinski definition) is 2. The molecule has 0 aliphatic carbocycles. The van der Waals surface area contributed by atoms with E-state index in [9.17, 15) is 13.2 Å². The topological polar surface area (TPSA) is 96.4 Å². The summed E-state index contributed by atoms with van der Waals surface area (Å²) in [5.74, 6) is -1.20. The molecule has 20 heavy (non-hydrogen) atoms. The van der Waals surface area contributed by atoms with Crippen molar-refractivity contribution in [3.05, 3.63) is 36.7 Å². The van der Waals surface area contributed by atoms with Gasteiger partial charge in [-0.05, 0) is 18.6 Å². The molecule has 0 spiro atoms. The van der Waals surface area contributed by atoms with E-state index in [4.69, 9.17) is 5.11 Å². The van der Waals surface area contributed by atoms with Crippen molar-refractivity contribution in [3.8, 4) is 0 Å². The summed E-state index contributed by atoms with van der Waals surface area (Å²) < 4.78 is 26.9. The number of rotatable bonds is 5. The van der Waals surface area contributed by atoms with E-state index in [1.807, 2.05) is 0 Å². The summed E-state index contributed by atoms with van der Waals surface area (Å²) >= 11 is 0. The molecular weight excluding hydrogens is 280 g/mol. The van der Waals surface area contributed by atoms with Gasteiger partial charge in [-0.15, -0.1) is 0 Å². The van der Waals surface area contributed by atoms with Crippen molar-refractivity contribution in [2.45, 2.75) is 24.3 Å². The minimum atomic E-state index is -3.90. The molecule has 7 heteroatoms. The second-order valence-electron chi connectivity index (χ2n) is 4.27. The zero-order valence-corrected chi connectivity index (χ0v) is 11.6. The summed E-state index contributed by atoms with van der Waals surface area (Å²) in [6.07, 6.45) is 3.22. The van der Waals surface area contributed by atoms with Crippen LogP contribution in [-0.2, 0) is 14.8 Å². The van der Waals surface area contributed by atoms with E-state index in [1.54, 1.807) is 31.3 Å². The number of aliphatic carboxylic acids is 1. The Morgan fingerprint density at radius 3 is 2.80 bits per heavy atom. The van der Waals surface area contributed by atoms with E-state index in [2.05, 4.69) is 9.71 Å². The molecule has 0 amide bonds. The Hall–Kier alpha value is -1.99. The van der Waals surface area contributed by atoms with Crippen LogP contribution in [0, 0.1) is 0 Å². The van der Waals surface area contributed by atoms with Crippen molar-refractivity contribution in [1.82, 2.24) is 9.71 Å². The largest absolute Gasteiger partial charge is 0.480 e. The van der Waals surface area contributed by atoms with Gasteiger partial charge in [-0.1, -0.05) is 19.1 Å². The van der Waals surface area contributed by atoms with E-state index in [0.29, 0.717) is 10.8 Å². The molecule has 1 heterocycles. The van der Waals surface area contributed by atoms with Gasteiger partial charge < -0.3 is 5.11 Å². The Morgan fingerprint density at radius 1 is 1.40 bits per heavy atom. The molecule has 0 fully saturated rings. The average molecular weight is 294 g/mol. The Balaban J connectivity index is 2.50.